The molecule has 1 N–H and O–H groups in total. The molecule has 0 aliphatic carbocycles. The summed E-state index contributed by atoms with van der Waals surface area (Å²) in [5, 5.41) is 3.86. The third kappa shape index (κ3) is 5.17. The molecular formula is C22H23FN4OS. The zero-order chi connectivity index (χ0) is 20.1. The number of hydrogen-bond acceptors (Lipinski definition) is 5. The molecule has 1 fully saturated rings. The summed E-state index contributed by atoms with van der Waals surface area (Å²) in [5.41, 5.74) is 2.08. The lowest BCUT2D eigenvalue weighted by atomic mass is 9.97. The first-order valence-electron chi connectivity index (χ1n) is 9.81. The molecular weight excluding hydrogens is 387 g/mol. The van der Waals surface area contributed by atoms with Gasteiger partial charge < -0.3 is 10.2 Å². The monoisotopic (exact) mass is 410 g/mol. The molecule has 2 heterocycles. The molecule has 1 aliphatic rings. The van der Waals surface area contributed by atoms with E-state index in [1.54, 1.807) is 12.1 Å². The second kappa shape index (κ2) is 9.13. The molecule has 0 saturated carbocycles. The molecule has 4 rings (SSSR count). The van der Waals surface area contributed by atoms with Gasteiger partial charge in [0, 0.05) is 37.6 Å². The standard InChI is InChI=1S/C22H23FN4OS/c23-19-10-8-17(9-11-19)14-24-21(28)18-7-4-12-27(15-18)22-25-20(26-29-22)13-16-5-2-1-3-6-16/h1-3,5-6,8-11,18H,4,7,12-15H2,(H,24,28). The van der Waals surface area contributed by atoms with Crippen molar-refractivity contribution in [3.8, 4) is 0 Å². The Balaban J connectivity index is 1.33. The molecule has 7 heteroatoms. The average molecular weight is 411 g/mol. The van der Waals surface area contributed by atoms with Crippen LogP contribution in [0.3, 0.4) is 0 Å². The van der Waals surface area contributed by atoms with Gasteiger partial charge in [-0.2, -0.15) is 4.37 Å². The first-order valence-corrected chi connectivity index (χ1v) is 10.6. The number of nitrogens with zero attached hydrogens (tertiary/aromatic N) is 3. The van der Waals surface area contributed by atoms with Gasteiger partial charge in [-0.25, -0.2) is 9.37 Å². The van der Waals surface area contributed by atoms with Gasteiger partial charge in [0.25, 0.3) is 0 Å². The highest BCUT2D eigenvalue weighted by Crippen LogP contribution is 2.25. The zero-order valence-electron chi connectivity index (χ0n) is 16.1. The minimum Gasteiger partial charge on any atom is -0.352 e. The Kier molecular flexibility index (Phi) is 6.14. The van der Waals surface area contributed by atoms with E-state index < -0.39 is 0 Å². The fraction of sp³-hybridized carbons (Fsp3) is 0.318. The predicted octanol–water partition coefficient (Wildman–Crippen LogP) is 3.80. The normalized spacial score (nSPS) is 16.6. The van der Waals surface area contributed by atoms with Gasteiger partial charge in [-0.3, -0.25) is 4.79 Å². The van der Waals surface area contributed by atoms with E-state index in [-0.39, 0.29) is 17.6 Å². The summed E-state index contributed by atoms with van der Waals surface area (Å²) in [7, 11) is 0. The number of rotatable bonds is 6. The van der Waals surface area contributed by atoms with E-state index in [0.717, 1.165) is 35.9 Å². The molecule has 1 aliphatic heterocycles. The lowest BCUT2D eigenvalue weighted by molar-refractivity contribution is -0.125. The van der Waals surface area contributed by atoms with E-state index >= 15 is 0 Å². The topological polar surface area (TPSA) is 58.1 Å². The van der Waals surface area contributed by atoms with Crippen LogP contribution in [-0.4, -0.2) is 28.4 Å². The van der Waals surface area contributed by atoms with Gasteiger partial charge >= 0.3 is 0 Å². The van der Waals surface area contributed by atoms with Gasteiger partial charge in [0.1, 0.15) is 11.6 Å². The van der Waals surface area contributed by atoms with Crippen LogP contribution in [0.15, 0.2) is 54.6 Å². The summed E-state index contributed by atoms with van der Waals surface area (Å²) in [5.74, 6) is 0.504. The average Bonchev–Trinajstić information content (AvgIpc) is 3.22. The quantitative estimate of drug-likeness (QED) is 0.672. The molecule has 1 saturated heterocycles. The minimum absolute atomic E-state index is 0.0352. The predicted molar refractivity (Wildman–Crippen MR) is 112 cm³/mol. The van der Waals surface area contributed by atoms with E-state index in [4.69, 9.17) is 4.98 Å². The highest BCUT2D eigenvalue weighted by Gasteiger charge is 2.27. The van der Waals surface area contributed by atoms with Gasteiger partial charge in [-0.1, -0.05) is 42.5 Å². The Morgan fingerprint density at radius 2 is 1.93 bits per heavy atom. The molecule has 1 amide bonds. The summed E-state index contributed by atoms with van der Waals surface area (Å²) in [6.07, 6.45) is 2.52. The lowest BCUT2D eigenvalue weighted by Gasteiger charge is -2.31. The summed E-state index contributed by atoms with van der Waals surface area (Å²) in [6.45, 7) is 1.95. The first-order chi connectivity index (χ1) is 14.2. The maximum atomic E-state index is 13.0. The molecule has 1 unspecified atom stereocenters. The molecule has 29 heavy (non-hydrogen) atoms. The number of halogens is 1. The van der Waals surface area contributed by atoms with Crippen LogP contribution in [0.5, 0.6) is 0 Å². The third-order valence-electron chi connectivity index (χ3n) is 5.11. The van der Waals surface area contributed by atoms with Crippen molar-refractivity contribution in [2.45, 2.75) is 25.8 Å². The molecule has 0 spiro atoms. The van der Waals surface area contributed by atoms with E-state index in [1.807, 2.05) is 18.2 Å². The number of anilines is 1. The fourth-order valence-corrected chi connectivity index (χ4v) is 4.24. The largest absolute Gasteiger partial charge is 0.352 e. The van der Waals surface area contributed by atoms with E-state index in [9.17, 15) is 9.18 Å². The summed E-state index contributed by atoms with van der Waals surface area (Å²) >= 11 is 1.40. The smallest absolute Gasteiger partial charge is 0.225 e. The summed E-state index contributed by atoms with van der Waals surface area (Å²) in [6, 6.07) is 16.4. The molecule has 150 valence electrons. The van der Waals surface area contributed by atoms with Gasteiger partial charge in [0.15, 0.2) is 0 Å². The summed E-state index contributed by atoms with van der Waals surface area (Å²) in [4.78, 5) is 19.5. The van der Waals surface area contributed by atoms with Gasteiger partial charge in [-0.05, 0) is 36.1 Å². The Labute approximate surface area is 173 Å². The number of carbonyl (C=O) groups excluding carboxylic acids is 1. The SMILES string of the molecule is O=C(NCc1ccc(F)cc1)C1CCCN(c2nc(Cc3ccccc3)ns2)C1. The highest BCUT2D eigenvalue weighted by atomic mass is 32.1. The lowest BCUT2D eigenvalue weighted by Crippen LogP contribution is -2.43. The number of hydrogen-bond donors (Lipinski definition) is 1. The minimum atomic E-state index is -0.272. The van der Waals surface area contributed by atoms with E-state index in [1.165, 1.54) is 29.2 Å². The zero-order valence-corrected chi connectivity index (χ0v) is 16.9. The second-order valence-corrected chi connectivity index (χ2v) is 8.02. The Bertz CT molecular complexity index is 945. The number of aromatic nitrogens is 2. The van der Waals surface area contributed by atoms with Crippen molar-refractivity contribution in [2.75, 3.05) is 18.0 Å². The van der Waals surface area contributed by atoms with Crippen molar-refractivity contribution < 1.29 is 9.18 Å². The number of nitrogens with one attached hydrogen (secondary N) is 1. The number of carbonyl (C=O) groups is 1. The van der Waals surface area contributed by atoms with Gasteiger partial charge in [0.05, 0.1) is 5.92 Å². The maximum absolute atomic E-state index is 13.0. The highest BCUT2D eigenvalue weighted by molar-refractivity contribution is 7.09. The van der Waals surface area contributed by atoms with E-state index in [2.05, 4.69) is 26.7 Å². The Hall–Kier alpha value is -2.80. The van der Waals surface area contributed by atoms with E-state index in [0.29, 0.717) is 19.5 Å². The third-order valence-corrected chi connectivity index (χ3v) is 5.92. The molecule has 3 aromatic rings. The Morgan fingerprint density at radius 3 is 2.72 bits per heavy atom. The molecule has 1 atom stereocenters. The van der Waals surface area contributed by atoms with Crippen LogP contribution in [0.2, 0.25) is 0 Å². The van der Waals surface area contributed by atoms with Crippen molar-refractivity contribution in [3.05, 3.63) is 77.4 Å². The van der Waals surface area contributed by atoms with Crippen molar-refractivity contribution in [1.82, 2.24) is 14.7 Å². The van der Waals surface area contributed by atoms with Crippen molar-refractivity contribution in [3.63, 3.8) is 0 Å². The second-order valence-electron chi connectivity index (χ2n) is 7.28. The van der Waals surface area contributed by atoms with Crippen LogP contribution in [0.25, 0.3) is 0 Å². The van der Waals surface area contributed by atoms with Crippen molar-refractivity contribution >= 4 is 22.6 Å². The van der Waals surface area contributed by atoms with Crippen LogP contribution in [0.1, 0.15) is 29.8 Å². The number of piperidine rings is 1. The Morgan fingerprint density at radius 1 is 1.14 bits per heavy atom. The molecule has 1 aromatic heterocycles. The molecule has 2 aromatic carbocycles. The van der Waals surface area contributed by atoms with Crippen LogP contribution in [-0.2, 0) is 17.8 Å². The molecule has 0 radical (unpaired) electrons. The summed E-state index contributed by atoms with van der Waals surface area (Å²) < 4.78 is 17.5. The van der Waals surface area contributed by atoms with Crippen molar-refractivity contribution in [2.24, 2.45) is 5.92 Å². The van der Waals surface area contributed by atoms with Gasteiger partial charge in [0.2, 0.25) is 11.0 Å². The maximum Gasteiger partial charge on any atom is 0.225 e. The molecule has 5 nitrogen and oxygen atoms in total. The fourth-order valence-electron chi connectivity index (χ4n) is 3.52. The van der Waals surface area contributed by atoms with Crippen molar-refractivity contribution in [1.29, 1.82) is 0 Å². The van der Waals surface area contributed by atoms with Crippen LogP contribution >= 0.6 is 11.5 Å². The van der Waals surface area contributed by atoms with Crippen LogP contribution in [0, 0.1) is 11.7 Å². The molecule has 0 bridgehead atoms. The number of amides is 1. The number of benzene rings is 2. The van der Waals surface area contributed by atoms with Gasteiger partial charge in [-0.15, -0.1) is 0 Å². The van der Waals surface area contributed by atoms with Crippen LogP contribution < -0.4 is 10.2 Å². The van der Waals surface area contributed by atoms with Crippen LogP contribution in [0.4, 0.5) is 9.52 Å². The first kappa shape index (κ1) is 19.5.